The largest absolute Gasteiger partial charge is 0.486 e. The standard InChI is InChI=1S/C21H21BrN2O2S/c1-13-9-14(2)20(15(3)10-13)24(16(4)25)21-23-17(12-27-21)11-26-19-8-6-5-7-18(19)22/h5-10,12H,11H2,1-4H3. The first-order chi connectivity index (χ1) is 12.9. The summed E-state index contributed by atoms with van der Waals surface area (Å²) in [6, 6.07) is 11.9. The van der Waals surface area contributed by atoms with Gasteiger partial charge in [-0.25, -0.2) is 4.98 Å². The number of anilines is 2. The summed E-state index contributed by atoms with van der Waals surface area (Å²) in [7, 11) is 0. The van der Waals surface area contributed by atoms with Gasteiger partial charge in [0.25, 0.3) is 0 Å². The molecule has 0 aliphatic carbocycles. The lowest BCUT2D eigenvalue weighted by Gasteiger charge is -2.23. The van der Waals surface area contributed by atoms with E-state index in [-0.39, 0.29) is 5.91 Å². The van der Waals surface area contributed by atoms with Gasteiger partial charge in [0.05, 0.1) is 15.9 Å². The van der Waals surface area contributed by atoms with Gasteiger partial charge in [-0.2, -0.15) is 0 Å². The molecule has 0 saturated carbocycles. The molecular formula is C21H21BrN2O2S. The van der Waals surface area contributed by atoms with Crippen LogP contribution >= 0.6 is 27.3 Å². The van der Waals surface area contributed by atoms with Crippen molar-refractivity contribution in [2.24, 2.45) is 0 Å². The molecule has 1 amide bonds. The fourth-order valence-electron chi connectivity index (χ4n) is 3.09. The number of aromatic nitrogens is 1. The molecule has 0 aliphatic heterocycles. The van der Waals surface area contributed by atoms with Gasteiger partial charge < -0.3 is 4.74 Å². The number of para-hydroxylation sites is 1. The second-order valence-corrected chi connectivity index (χ2v) is 8.13. The normalized spacial score (nSPS) is 10.7. The second kappa shape index (κ2) is 8.23. The molecule has 0 saturated heterocycles. The summed E-state index contributed by atoms with van der Waals surface area (Å²) in [6.45, 7) is 8.02. The number of carbonyl (C=O) groups is 1. The van der Waals surface area contributed by atoms with Crippen LogP contribution < -0.4 is 9.64 Å². The first-order valence-electron chi connectivity index (χ1n) is 8.57. The molecule has 3 aromatic rings. The maximum absolute atomic E-state index is 12.4. The average Bonchev–Trinajstić information content (AvgIpc) is 3.05. The van der Waals surface area contributed by atoms with E-state index in [2.05, 4.69) is 40.0 Å². The van der Waals surface area contributed by atoms with Crippen LogP contribution in [0.25, 0.3) is 0 Å². The average molecular weight is 445 g/mol. The van der Waals surface area contributed by atoms with Gasteiger partial charge in [-0.1, -0.05) is 29.8 Å². The Kier molecular flexibility index (Phi) is 5.97. The number of nitrogens with zero attached hydrogens (tertiary/aromatic N) is 2. The summed E-state index contributed by atoms with van der Waals surface area (Å²) in [5, 5.41) is 2.59. The zero-order chi connectivity index (χ0) is 19.6. The lowest BCUT2D eigenvalue weighted by molar-refractivity contribution is -0.115. The predicted molar refractivity (Wildman–Crippen MR) is 114 cm³/mol. The van der Waals surface area contributed by atoms with Crippen molar-refractivity contribution in [3.8, 4) is 5.75 Å². The molecule has 0 fully saturated rings. The Hall–Kier alpha value is -2.18. The first kappa shape index (κ1) is 19.6. The van der Waals surface area contributed by atoms with Crippen LogP contribution in [0, 0.1) is 20.8 Å². The van der Waals surface area contributed by atoms with Crippen molar-refractivity contribution < 1.29 is 9.53 Å². The van der Waals surface area contributed by atoms with Gasteiger partial charge in [0.15, 0.2) is 5.13 Å². The SMILES string of the molecule is CC(=O)N(c1nc(COc2ccccc2Br)cs1)c1c(C)cc(C)cc1C. The Morgan fingerprint density at radius 2 is 1.85 bits per heavy atom. The molecule has 0 bridgehead atoms. The van der Waals surface area contributed by atoms with Crippen molar-refractivity contribution in [2.75, 3.05) is 4.90 Å². The van der Waals surface area contributed by atoms with Crippen molar-refractivity contribution in [1.29, 1.82) is 0 Å². The quantitative estimate of drug-likeness (QED) is 0.477. The number of benzene rings is 2. The number of ether oxygens (including phenoxy) is 1. The van der Waals surface area contributed by atoms with Crippen LogP contribution in [-0.2, 0) is 11.4 Å². The van der Waals surface area contributed by atoms with Crippen LogP contribution in [0.15, 0.2) is 46.3 Å². The molecule has 1 heterocycles. The molecule has 3 rings (SSSR count). The molecule has 0 aliphatic rings. The molecule has 0 unspecified atom stereocenters. The highest BCUT2D eigenvalue weighted by Gasteiger charge is 2.22. The Labute approximate surface area is 171 Å². The van der Waals surface area contributed by atoms with E-state index in [4.69, 9.17) is 4.74 Å². The van der Waals surface area contributed by atoms with Gasteiger partial charge in [0.2, 0.25) is 5.91 Å². The van der Waals surface area contributed by atoms with Crippen molar-refractivity contribution in [1.82, 2.24) is 4.98 Å². The van der Waals surface area contributed by atoms with Crippen molar-refractivity contribution in [3.63, 3.8) is 0 Å². The molecule has 0 spiro atoms. The van der Waals surface area contributed by atoms with Gasteiger partial charge in [-0.15, -0.1) is 11.3 Å². The third-order valence-corrected chi connectivity index (χ3v) is 5.65. The lowest BCUT2D eigenvalue weighted by atomic mass is 10.0. The van der Waals surface area contributed by atoms with E-state index in [9.17, 15) is 4.79 Å². The third-order valence-electron chi connectivity index (χ3n) is 4.12. The minimum atomic E-state index is -0.0577. The lowest BCUT2D eigenvalue weighted by Crippen LogP contribution is -2.24. The highest BCUT2D eigenvalue weighted by atomic mass is 79.9. The number of amides is 1. The van der Waals surface area contributed by atoms with E-state index in [1.165, 1.54) is 16.9 Å². The summed E-state index contributed by atoms with van der Waals surface area (Å²) in [5.41, 5.74) is 4.99. The fourth-order valence-corrected chi connectivity index (χ4v) is 4.35. The van der Waals surface area contributed by atoms with Gasteiger partial charge in [-0.3, -0.25) is 9.69 Å². The molecule has 2 aromatic carbocycles. The Morgan fingerprint density at radius 3 is 2.48 bits per heavy atom. The minimum Gasteiger partial charge on any atom is -0.486 e. The van der Waals surface area contributed by atoms with Gasteiger partial charge in [0.1, 0.15) is 12.4 Å². The predicted octanol–water partition coefficient (Wildman–Crippen LogP) is 6.09. The maximum atomic E-state index is 12.4. The summed E-state index contributed by atoms with van der Waals surface area (Å²) in [4.78, 5) is 18.8. The highest BCUT2D eigenvalue weighted by molar-refractivity contribution is 9.10. The molecular weight excluding hydrogens is 424 g/mol. The van der Waals surface area contributed by atoms with E-state index >= 15 is 0 Å². The summed E-state index contributed by atoms with van der Waals surface area (Å²) >= 11 is 4.92. The van der Waals surface area contributed by atoms with E-state index in [1.807, 2.05) is 43.5 Å². The van der Waals surface area contributed by atoms with Gasteiger partial charge in [0, 0.05) is 12.3 Å². The summed E-state index contributed by atoms with van der Waals surface area (Å²) in [5.74, 6) is 0.707. The first-order valence-corrected chi connectivity index (χ1v) is 10.2. The second-order valence-electron chi connectivity index (χ2n) is 6.44. The zero-order valence-corrected chi connectivity index (χ0v) is 18.1. The molecule has 27 heavy (non-hydrogen) atoms. The third kappa shape index (κ3) is 4.39. The van der Waals surface area contributed by atoms with Crippen LogP contribution in [0.4, 0.5) is 10.8 Å². The summed E-state index contributed by atoms with van der Waals surface area (Å²) < 4.78 is 6.74. The van der Waals surface area contributed by atoms with Crippen molar-refractivity contribution in [2.45, 2.75) is 34.3 Å². The maximum Gasteiger partial charge on any atom is 0.230 e. The molecule has 1 aromatic heterocycles. The zero-order valence-electron chi connectivity index (χ0n) is 15.7. The van der Waals surface area contributed by atoms with Gasteiger partial charge >= 0.3 is 0 Å². The Bertz CT molecular complexity index is 961. The number of thiazole rings is 1. The fraction of sp³-hybridized carbons (Fsp3) is 0.238. The van der Waals surface area contributed by atoms with E-state index < -0.39 is 0 Å². The number of halogens is 1. The molecule has 140 valence electrons. The molecule has 6 heteroatoms. The smallest absolute Gasteiger partial charge is 0.230 e. The van der Waals surface area contributed by atoms with Crippen molar-refractivity contribution >= 4 is 44.0 Å². The number of carbonyl (C=O) groups excluding carboxylic acids is 1. The molecule has 0 radical (unpaired) electrons. The topological polar surface area (TPSA) is 42.4 Å². The number of hydrogen-bond acceptors (Lipinski definition) is 4. The van der Waals surface area contributed by atoms with Crippen LogP contribution in [0.1, 0.15) is 29.3 Å². The number of hydrogen-bond donors (Lipinski definition) is 0. The van der Waals surface area contributed by atoms with E-state index in [0.29, 0.717) is 11.7 Å². The van der Waals surface area contributed by atoms with E-state index in [1.54, 1.807) is 11.8 Å². The molecule has 0 atom stereocenters. The Morgan fingerprint density at radius 1 is 1.19 bits per heavy atom. The molecule has 4 nitrogen and oxygen atoms in total. The number of rotatable bonds is 5. The summed E-state index contributed by atoms with van der Waals surface area (Å²) in [6.07, 6.45) is 0. The number of aryl methyl sites for hydroxylation is 3. The Balaban J connectivity index is 1.87. The monoisotopic (exact) mass is 444 g/mol. The van der Waals surface area contributed by atoms with Gasteiger partial charge in [-0.05, 0) is 60.0 Å². The van der Waals surface area contributed by atoms with Crippen LogP contribution in [-0.4, -0.2) is 10.9 Å². The highest BCUT2D eigenvalue weighted by Crippen LogP contribution is 2.35. The van der Waals surface area contributed by atoms with Crippen LogP contribution in [0.5, 0.6) is 5.75 Å². The minimum absolute atomic E-state index is 0.0577. The molecule has 0 N–H and O–H groups in total. The van der Waals surface area contributed by atoms with E-state index in [0.717, 1.165) is 32.7 Å². The van der Waals surface area contributed by atoms with Crippen molar-refractivity contribution in [3.05, 3.63) is 68.6 Å². The van der Waals surface area contributed by atoms with Crippen LogP contribution in [0.2, 0.25) is 0 Å². The van der Waals surface area contributed by atoms with Crippen LogP contribution in [0.3, 0.4) is 0 Å².